The van der Waals surface area contributed by atoms with E-state index in [1.54, 1.807) is 33.8 Å². The maximum absolute atomic E-state index is 12.9. The zero-order valence-corrected chi connectivity index (χ0v) is 16.6. The van der Waals surface area contributed by atoms with Crippen LogP contribution in [0.15, 0.2) is 54.6 Å². The third-order valence-electron chi connectivity index (χ3n) is 4.93. The van der Waals surface area contributed by atoms with Crippen molar-refractivity contribution in [3.05, 3.63) is 66.0 Å². The lowest BCUT2D eigenvalue weighted by Gasteiger charge is -2.34. The fourth-order valence-corrected chi connectivity index (χ4v) is 3.44. The maximum Gasteiger partial charge on any atom is 0.308 e. The van der Waals surface area contributed by atoms with E-state index in [2.05, 4.69) is 20.4 Å². The second-order valence-electron chi connectivity index (χ2n) is 7.00. The number of hydrogen-bond donors (Lipinski definition) is 0. The summed E-state index contributed by atoms with van der Waals surface area (Å²) in [6.45, 7) is 4.45. The molecule has 1 aliphatic heterocycles. The van der Waals surface area contributed by atoms with Crippen molar-refractivity contribution in [3.8, 4) is 11.4 Å². The Morgan fingerprint density at radius 3 is 2.40 bits per heavy atom. The molecule has 1 fully saturated rings. The van der Waals surface area contributed by atoms with Crippen LogP contribution in [0, 0.1) is 0 Å². The molecule has 30 heavy (non-hydrogen) atoms. The number of para-hydroxylation sites is 2. The Balaban J connectivity index is 1.39. The summed E-state index contributed by atoms with van der Waals surface area (Å²) in [4.78, 5) is 28.3. The van der Waals surface area contributed by atoms with Gasteiger partial charge in [0.2, 0.25) is 0 Å². The molecule has 0 spiro atoms. The van der Waals surface area contributed by atoms with Crippen molar-refractivity contribution in [2.45, 2.75) is 13.5 Å². The van der Waals surface area contributed by atoms with Crippen molar-refractivity contribution in [2.24, 2.45) is 0 Å². The SMILES string of the molecule is CC(=O)Oc1ccccc1C(=O)N1CCN(Cc2nnnn2-c2ccccc2)CC1. The van der Waals surface area contributed by atoms with Gasteiger partial charge >= 0.3 is 5.97 Å². The second-order valence-corrected chi connectivity index (χ2v) is 7.00. The van der Waals surface area contributed by atoms with E-state index in [1.165, 1.54) is 6.92 Å². The van der Waals surface area contributed by atoms with E-state index in [0.717, 1.165) is 11.5 Å². The van der Waals surface area contributed by atoms with Gasteiger partial charge < -0.3 is 9.64 Å². The topological polar surface area (TPSA) is 93.5 Å². The van der Waals surface area contributed by atoms with Crippen LogP contribution in [0.2, 0.25) is 0 Å². The monoisotopic (exact) mass is 406 g/mol. The summed E-state index contributed by atoms with van der Waals surface area (Å²) in [7, 11) is 0. The number of tetrazole rings is 1. The van der Waals surface area contributed by atoms with Crippen LogP contribution in [0.5, 0.6) is 5.75 Å². The number of rotatable bonds is 5. The van der Waals surface area contributed by atoms with Crippen molar-refractivity contribution in [2.75, 3.05) is 26.2 Å². The standard InChI is InChI=1S/C21H22N6O3/c1-16(28)30-19-10-6-5-9-18(19)21(29)26-13-11-25(12-14-26)15-20-22-23-24-27(20)17-7-3-2-4-8-17/h2-10H,11-15H2,1H3. The number of esters is 1. The minimum atomic E-state index is -0.448. The highest BCUT2D eigenvalue weighted by atomic mass is 16.5. The van der Waals surface area contributed by atoms with E-state index < -0.39 is 5.97 Å². The van der Waals surface area contributed by atoms with Gasteiger partial charge in [-0.15, -0.1) is 5.10 Å². The van der Waals surface area contributed by atoms with Gasteiger partial charge in [0, 0.05) is 33.1 Å². The molecule has 2 aromatic carbocycles. The molecular weight excluding hydrogens is 384 g/mol. The highest BCUT2D eigenvalue weighted by Gasteiger charge is 2.25. The number of nitrogens with zero attached hydrogens (tertiary/aromatic N) is 6. The summed E-state index contributed by atoms with van der Waals surface area (Å²) >= 11 is 0. The second kappa shape index (κ2) is 8.83. The third kappa shape index (κ3) is 4.36. The van der Waals surface area contributed by atoms with Gasteiger partial charge in [-0.25, -0.2) is 0 Å². The smallest absolute Gasteiger partial charge is 0.308 e. The van der Waals surface area contributed by atoms with Gasteiger partial charge in [0.15, 0.2) is 5.82 Å². The van der Waals surface area contributed by atoms with Crippen LogP contribution in [-0.2, 0) is 11.3 Å². The van der Waals surface area contributed by atoms with Gasteiger partial charge in [0.1, 0.15) is 5.75 Å². The average Bonchev–Trinajstić information content (AvgIpc) is 3.22. The van der Waals surface area contributed by atoms with Crippen molar-refractivity contribution < 1.29 is 14.3 Å². The number of aromatic nitrogens is 4. The fraction of sp³-hybridized carbons (Fsp3) is 0.286. The average molecular weight is 406 g/mol. The Labute approximate surface area is 173 Å². The first-order valence-corrected chi connectivity index (χ1v) is 9.73. The largest absolute Gasteiger partial charge is 0.426 e. The molecule has 0 bridgehead atoms. The Morgan fingerprint density at radius 1 is 0.967 bits per heavy atom. The molecule has 1 saturated heterocycles. The van der Waals surface area contributed by atoms with E-state index in [0.29, 0.717) is 44.0 Å². The van der Waals surface area contributed by atoms with Crippen molar-refractivity contribution in [1.82, 2.24) is 30.0 Å². The van der Waals surface area contributed by atoms with Crippen LogP contribution in [-0.4, -0.2) is 68.1 Å². The van der Waals surface area contributed by atoms with E-state index in [-0.39, 0.29) is 5.91 Å². The number of ether oxygens (including phenoxy) is 1. The zero-order valence-electron chi connectivity index (χ0n) is 16.6. The number of piperazine rings is 1. The van der Waals surface area contributed by atoms with Gasteiger partial charge in [0.05, 0.1) is 17.8 Å². The molecule has 1 aromatic heterocycles. The molecule has 4 rings (SSSR count). The molecule has 0 saturated carbocycles. The summed E-state index contributed by atoms with van der Waals surface area (Å²) in [5.74, 6) is 0.456. The minimum Gasteiger partial charge on any atom is -0.426 e. The first-order chi connectivity index (χ1) is 14.6. The van der Waals surface area contributed by atoms with Crippen LogP contribution in [0.3, 0.4) is 0 Å². The number of amides is 1. The number of hydrogen-bond acceptors (Lipinski definition) is 7. The molecule has 2 heterocycles. The molecule has 0 atom stereocenters. The lowest BCUT2D eigenvalue weighted by Crippen LogP contribution is -2.48. The molecule has 0 aliphatic carbocycles. The molecule has 9 heteroatoms. The molecule has 1 aliphatic rings. The molecule has 0 radical (unpaired) electrons. The summed E-state index contributed by atoms with van der Waals surface area (Å²) in [5, 5.41) is 12.1. The number of carbonyl (C=O) groups excluding carboxylic acids is 2. The quantitative estimate of drug-likeness (QED) is 0.469. The molecule has 0 N–H and O–H groups in total. The summed E-state index contributed by atoms with van der Waals surface area (Å²) in [6.07, 6.45) is 0. The molecule has 0 unspecified atom stereocenters. The van der Waals surface area contributed by atoms with E-state index in [4.69, 9.17) is 4.74 Å². The molecule has 154 valence electrons. The van der Waals surface area contributed by atoms with Crippen molar-refractivity contribution in [3.63, 3.8) is 0 Å². The van der Waals surface area contributed by atoms with Crippen LogP contribution in [0.1, 0.15) is 23.1 Å². The Bertz CT molecular complexity index is 1030. The Morgan fingerprint density at radius 2 is 1.67 bits per heavy atom. The van der Waals surface area contributed by atoms with Gasteiger partial charge in [0.25, 0.3) is 5.91 Å². The minimum absolute atomic E-state index is 0.138. The predicted octanol–water partition coefficient (Wildman–Crippen LogP) is 1.55. The van der Waals surface area contributed by atoms with Gasteiger partial charge in [-0.2, -0.15) is 4.68 Å². The normalized spacial score (nSPS) is 14.5. The summed E-state index contributed by atoms with van der Waals surface area (Å²) in [6, 6.07) is 16.6. The van der Waals surface area contributed by atoms with Crippen molar-refractivity contribution >= 4 is 11.9 Å². The Hall–Kier alpha value is -3.59. The number of carbonyl (C=O) groups is 2. The van der Waals surface area contributed by atoms with Crippen LogP contribution in [0.25, 0.3) is 5.69 Å². The lowest BCUT2D eigenvalue weighted by molar-refractivity contribution is -0.131. The molecule has 3 aromatic rings. The zero-order chi connectivity index (χ0) is 20.9. The van der Waals surface area contributed by atoms with E-state index >= 15 is 0 Å². The van der Waals surface area contributed by atoms with E-state index in [1.807, 2.05) is 30.3 Å². The molecular formula is C21H22N6O3. The highest BCUT2D eigenvalue weighted by Crippen LogP contribution is 2.21. The van der Waals surface area contributed by atoms with Crippen molar-refractivity contribution in [1.29, 1.82) is 0 Å². The van der Waals surface area contributed by atoms with Gasteiger partial charge in [-0.3, -0.25) is 14.5 Å². The lowest BCUT2D eigenvalue weighted by atomic mass is 10.1. The first-order valence-electron chi connectivity index (χ1n) is 9.73. The van der Waals surface area contributed by atoms with Gasteiger partial charge in [-0.05, 0) is 34.7 Å². The molecule has 9 nitrogen and oxygen atoms in total. The van der Waals surface area contributed by atoms with Crippen LogP contribution < -0.4 is 4.74 Å². The first kappa shape index (κ1) is 19.7. The third-order valence-corrected chi connectivity index (χ3v) is 4.93. The maximum atomic E-state index is 12.9. The molecule has 1 amide bonds. The van der Waals surface area contributed by atoms with Gasteiger partial charge in [-0.1, -0.05) is 30.3 Å². The Kier molecular flexibility index (Phi) is 5.80. The van der Waals surface area contributed by atoms with Crippen LogP contribution in [0.4, 0.5) is 0 Å². The summed E-state index contributed by atoms with van der Waals surface area (Å²) < 4.78 is 6.91. The fourth-order valence-electron chi connectivity index (χ4n) is 3.44. The number of benzene rings is 2. The predicted molar refractivity (Wildman–Crippen MR) is 108 cm³/mol. The van der Waals surface area contributed by atoms with Crippen LogP contribution >= 0.6 is 0 Å². The van der Waals surface area contributed by atoms with E-state index in [9.17, 15) is 9.59 Å². The summed E-state index contributed by atoms with van der Waals surface area (Å²) in [5.41, 5.74) is 1.31. The highest BCUT2D eigenvalue weighted by molar-refractivity contribution is 5.97.